The molecule has 0 unspecified atom stereocenters. The highest BCUT2D eigenvalue weighted by Crippen LogP contribution is 2.38. The highest BCUT2D eigenvalue weighted by Gasteiger charge is 2.27. The van der Waals surface area contributed by atoms with Gasteiger partial charge in [-0.2, -0.15) is 0 Å². The topological polar surface area (TPSA) is 75.4 Å². The van der Waals surface area contributed by atoms with Gasteiger partial charge in [0, 0.05) is 23.0 Å². The Morgan fingerprint density at radius 2 is 2.24 bits per heavy atom. The SMILES string of the molecule is O=C1CSc2ccc(Nc3nccn4cnnc34)cc2N1CC(F)F. The number of amides is 1. The highest BCUT2D eigenvalue weighted by atomic mass is 32.2. The van der Waals surface area contributed by atoms with Gasteiger partial charge in [0.15, 0.2) is 5.82 Å². The van der Waals surface area contributed by atoms with Crippen LogP contribution in [0.4, 0.5) is 26.0 Å². The first kappa shape index (κ1) is 15.8. The van der Waals surface area contributed by atoms with E-state index in [1.54, 1.807) is 35.3 Å². The molecule has 1 aromatic carbocycles. The van der Waals surface area contributed by atoms with Crippen LogP contribution in [0.15, 0.2) is 41.8 Å². The second-order valence-corrected chi connectivity index (χ2v) is 6.35. The fourth-order valence-electron chi connectivity index (χ4n) is 2.60. The molecule has 0 saturated heterocycles. The van der Waals surface area contributed by atoms with Crippen LogP contribution in [0, 0.1) is 0 Å². The number of fused-ring (bicyclic) bond motifs is 2. The molecule has 1 amide bonds. The van der Waals surface area contributed by atoms with Crippen LogP contribution in [-0.4, -0.2) is 44.2 Å². The van der Waals surface area contributed by atoms with Gasteiger partial charge >= 0.3 is 0 Å². The average molecular weight is 362 g/mol. The molecule has 7 nitrogen and oxygen atoms in total. The number of aromatic nitrogens is 4. The van der Waals surface area contributed by atoms with Gasteiger partial charge < -0.3 is 10.2 Å². The molecule has 0 spiro atoms. The molecule has 0 bridgehead atoms. The molecular formula is C15H12F2N6OS. The zero-order valence-corrected chi connectivity index (χ0v) is 13.6. The van der Waals surface area contributed by atoms with Crippen LogP contribution in [0.3, 0.4) is 0 Å². The number of nitrogens with zero attached hydrogens (tertiary/aromatic N) is 5. The fourth-order valence-corrected chi connectivity index (χ4v) is 3.52. The maximum atomic E-state index is 12.8. The number of carbonyl (C=O) groups is 1. The van der Waals surface area contributed by atoms with Crippen molar-refractivity contribution in [1.82, 2.24) is 19.6 Å². The highest BCUT2D eigenvalue weighted by molar-refractivity contribution is 8.00. The lowest BCUT2D eigenvalue weighted by atomic mass is 10.2. The number of alkyl halides is 2. The van der Waals surface area contributed by atoms with Gasteiger partial charge in [-0.25, -0.2) is 13.8 Å². The molecule has 1 N–H and O–H groups in total. The number of nitrogens with one attached hydrogen (secondary N) is 1. The van der Waals surface area contributed by atoms with Gasteiger partial charge in [0.1, 0.15) is 6.33 Å². The van der Waals surface area contributed by atoms with E-state index in [2.05, 4.69) is 20.5 Å². The second kappa shape index (κ2) is 6.28. The summed E-state index contributed by atoms with van der Waals surface area (Å²) >= 11 is 1.34. The normalized spacial score (nSPS) is 14.2. The van der Waals surface area contributed by atoms with Crippen LogP contribution >= 0.6 is 11.8 Å². The first-order valence-electron chi connectivity index (χ1n) is 7.38. The van der Waals surface area contributed by atoms with Crippen LogP contribution in [0.1, 0.15) is 0 Å². The summed E-state index contributed by atoms with van der Waals surface area (Å²) < 4.78 is 27.4. The Morgan fingerprint density at radius 1 is 1.36 bits per heavy atom. The molecule has 0 aliphatic carbocycles. The van der Waals surface area contributed by atoms with Gasteiger partial charge in [0.25, 0.3) is 6.43 Å². The average Bonchev–Trinajstić information content (AvgIpc) is 3.07. The quantitative estimate of drug-likeness (QED) is 0.769. The molecule has 0 radical (unpaired) electrons. The maximum Gasteiger partial charge on any atom is 0.256 e. The maximum absolute atomic E-state index is 12.8. The minimum atomic E-state index is -2.59. The Bertz CT molecular complexity index is 947. The number of hydrogen-bond donors (Lipinski definition) is 1. The molecular weight excluding hydrogens is 350 g/mol. The van der Waals surface area contributed by atoms with Crippen molar-refractivity contribution in [3.05, 3.63) is 36.9 Å². The van der Waals surface area contributed by atoms with E-state index < -0.39 is 13.0 Å². The number of thioether (sulfide) groups is 1. The van der Waals surface area contributed by atoms with Crippen molar-refractivity contribution >= 4 is 40.5 Å². The summed E-state index contributed by atoms with van der Waals surface area (Å²) in [6.07, 6.45) is 2.27. The summed E-state index contributed by atoms with van der Waals surface area (Å²) in [6, 6.07) is 5.28. The van der Waals surface area contributed by atoms with E-state index in [4.69, 9.17) is 0 Å². The number of anilines is 3. The standard InChI is InChI=1S/C15H12F2N6OS/c16-12(17)6-23-10-5-9(1-2-11(10)25-7-13(23)24)20-14-15-21-19-8-22(15)4-3-18-14/h1-5,8,12H,6-7H2,(H,18,20). The first-order chi connectivity index (χ1) is 12.1. The van der Waals surface area contributed by atoms with Crippen molar-refractivity contribution in [2.24, 2.45) is 0 Å². The van der Waals surface area contributed by atoms with E-state index in [0.717, 1.165) is 9.80 Å². The number of carbonyl (C=O) groups excluding carboxylic acids is 1. The van der Waals surface area contributed by atoms with Gasteiger partial charge in [0.2, 0.25) is 11.6 Å². The van der Waals surface area contributed by atoms with E-state index in [0.29, 0.717) is 22.8 Å². The van der Waals surface area contributed by atoms with Crippen LogP contribution < -0.4 is 10.2 Å². The third kappa shape index (κ3) is 3.00. The first-order valence-corrected chi connectivity index (χ1v) is 8.37. The molecule has 0 atom stereocenters. The zero-order valence-electron chi connectivity index (χ0n) is 12.8. The van der Waals surface area contributed by atoms with Crippen molar-refractivity contribution in [2.45, 2.75) is 11.3 Å². The fraction of sp³-hybridized carbons (Fsp3) is 0.200. The Morgan fingerprint density at radius 3 is 3.08 bits per heavy atom. The number of benzene rings is 1. The lowest BCUT2D eigenvalue weighted by Crippen LogP contribution is -2.38. The van der Waals surface area contributed by atoms with E-state index in [9.17, 15) is 13.6 Å². The predicted octanol–water partition coefficient (Wildman–Crippen LogP) is 2.57. The van der Waals surface area contributed by atoms with Crippen molar-refractivity contribution in [3.8, 4) is 0 Å². The summed E-state index contributed by atoms with van der Waals surface area (Å²) in [5.74, 6) is 0.315. The van der Waals surface area contributed by atoms with E-state index in [1.165, 1.54) is 11.8 Å². The molecule has 25 heavy (non-hydrogen) atoms. The molecule has 0 saturated carbocycles. The molecule has 1 aliphatic heterocycles. The third-order valence-electron chi connectivity index (χ3n) is 3.70. The monoisotopic (exact) mass is 362 g/mol. The third-order valence-corrected chi connectivity index (χ3v) is 4.75. The van der Waals surface area contributed by atoms with Crippen molar-refractivity contribution in [2.75, 3.05) is 22.5 Å². The molecule has 4 rings (SSSR count). The summed E-state index contributed by atoms with van der Waals surface area (Å²) in [5.41, 5.74) is 1.63. The largest absolute Gasteiger partial charge is 0.337 e. The molecule has 1 aliphatic rings. The molecule has 3 aromatic rings. The molecule has 128 valence electrons. The minimum Gasteiger partial charge on any atom is -0.337 e. The predicted molar refractivity (Wildman–Crippen MR) is 89.6 cm³/mol. The number of hydrogen-bond acceptors (Lipinski definition) is 6. The summed E-state index contributed by atoms with van der Waals surface area (Å²) in [4.78, 5) is 18.2. The van der Waals surface area contributed by atoms with Gasteiger partial charge in [0.05, 0.1) is 18.0 Å². The van der Waals surface area contributed by atoms with Crippen molar-refractivity contribution < 1.29 is 13.6 Å². The lowest BCUT2D eigenvalue weighted by Gasteiger charge is -2.29. The van der Waals surface area contributed by atoms with Gasteiger partial charge in [-0.15, -0.1) is 22.0 Å². The van der Waals surface area contributed by atoms with Crippen LogP contribution in [0.25, 0.3) is 5.65 Å². The van der Waals surface area contributed by atoms with Crippen LogP contribution in [0.5, 0.6) is 0 Å². The van der Waals surface area contributed by atoms with Crippen molar-refractivity contribution in [3.63, 3.8) is 0 Å². The summed E-state index contributed by atoms with van der Waals surface area (Å²) in [5, 5.41) is 10.9. The Kier molecular flexibility index (Phi) is 3.96. The number of halogens is 2. The lowest BCUT2D eigenvalue weighted by molar-refractivity contribution is -0.116. The summed E-state index contributed by atoms with van der Waals surface area (Å²) in [6.45, 7) is -0.617. The number of rotatable bonds is 4. The van der Waals surface area contributed by atoms with Crippen molar-refractivity contribution in [1.29, 1.82) is 0 Å². The van der Waals surface area contributed by atoms with Gasteiger partial charge in [-0.3, -0.25) is 9.20 Å². The van der Waals surface area contributed by atoms with E-state index in [-0.39, 0.29) is 11.7 Å². The molecule has 3 heterocycles. The second-order valence-electron chi connectivity index (χ2n) is 5.33. The van der Waals surface area contributed by atoms with Crippen LogP contribution in [-0.2, 0) is 4.79 Å². The Balaban J connectivity index is 1.69. The van der Waals surface area contributed by atoms with E-state index in [1.807, 2.05) is 6.07 Å². The summed E-state index contributed by atoms with van der Waals surface area (Å²) in [7, 11) is 0. The zero-order chi connectivity index (χ0) is 17.4. The molecule has 10 heteroatoms. The minimum absolute atomic E-state index is 0.160. The van der Waals surface area contributed by atoms with Crippen LogP contribution in [0.2, 0.25) is 0 Å². The smallest absolute Gasteiger partial charge is 0.256 e. The molecule has 2 aromatic heterocycles. The van der Waals surface area contributed by atoms with E-state index >= 15 is 0 Å². The van der Waals surface area contributed by atoms with Gasteiger partial charge in [-0.05, 0) is 18.2 Å². The molecule has 0 fully saturated rings. The van der Waals surface area contributed by atoms with Gasteiger partial charge in [-0.1, -0.05) is 0 Å². The Hall–Kier alpha value is -2.75. The Labute approximate surface area is 145 Å².